The number of imide groups is 1. The van der Waals surface area contributed by atoms with Crippen molar-refractivity contribution >= 4 is 17.4 Å². The number of hydrogen-bond donors (Lipinski definition) is 0. The number of carbonyl (C=O) groups is 2. The van der Waals surface area contributed by atoms with Gasteiger partial charge in [-0.1, -0.05) is 25.1 Å². The second-order valence-corrected chi connectivity index (χ2v) is 7.72. The number of carbonyl (C=O) groups excluding carboxylic acids is 2. The molecule has 1 saturated heterocycles. The van der Waals surface area contributed by atoms with Crippen molar-refractivity contribution in [2.45, 2.75) is 27.3 Å². The number of aryl methyl sites for hydroxylation is 2. The molecule has 2 amide bonds. The van der Waals surface area contributed by atoms with E-state index in [1.165, 1.54) is 4.90 Å². The number of nitrogens with zero attached hydrogens (tertiary/aromatic N) is 3. The first kappa shape index (κ1) is 19.5. The second kappa shape index (κ2) is 7.87. The van der Waals surface area contributed by atoms with E-state index in [4.69, 9.17) is 4.42 Å². The van der Waals surface area contributed by atoms with Gasteiger partial charge in [-0.3, -0.25) is 14.5 Å². The number of furan rings is 1. The van der Waals surface area contributed by atoms with E-state index < -0.39 is 0 Å². The van der Waals surface area contributed by atoms with Crippen LogP contribution in [0.1, 0.15) is 29.4 Å². The van der Waals surface area contributed by atoms with Crippen LogP contribution >= 0.6 is 0 Å². The van der Waals surface area contributed by atoms with Crippen molar-refractivity contribution in [2.24, 2.45) is 0 Å². The van der Waals surface area contributed by atoms with E-state index in [1.807, 2.05) is 32.0 Å². The van der Waals surface area contributed by atoms with Crippen molar-refractivity contribution < 1.29 is 14.0 Å². The predicted molar refractivity (Wildman–Crippen MR) is 111 cm³/mol. The largest absolute Gasteiger partial charge is 0.467 e. The number of benzene rings is 1. The standard InChI is InChI=1S/C23H27N3O3/c1-4-24-9-11-25(12-10-24)21-20(18-8-7-16(2)17(3)14-18)22(27)26(23(21)28)15-19-6-5-13-29-19/h5-8,13-14H,4,9-12,15H2,1-3H3. The molecule has 1 fully saturated rings. The van der Waals surface area contributed by atoms with Crippen LogP contribution in [0, 0.1) is 13.8 Å². The van der Waals surface area contributed by atoms with Crippen molar-refractivity contribution in [2.75, 3.05) is 32.7 Å². The van der Waals surface area contributed by atoms with E-state index in [1.54, 1.807) is 18.4 Å². The Balaban J connectivity index is 1.73. The van der Waals surface area contributed by atoms with Crippen LogP contribution in [-0.4, -0.2) is 59.2 Å². The molecule has 2 aromatic rings. The number of amides is 2. The Kier molecular flexibility index (Phi) is 5.28. The highest BCUT2D eigenvalue weighted by atomic mass is 16.3. The summed E-state index contributed by atoms with van der Waals surface area (Å²) in [5, 5.41) is 0. The van der Waals surface area contributed by atoms with Crippen molar-refractivity contribution in [1.82, 2.24) is 14.7 Å². The Morgan fingerprint density at radius 3 is 2.34 bits per heavy atom. The second-order valence-electron chi connectivity index (χ2n) is 7.72. The number of hydrogen-bond acceptors (Lipinski definition) is 5. The van der Waals surface area contributed by atoms with Crippen LogP contribution in [0.25, 0.3) is 5.57 Å². The van der Waals surface area contributed by atoms with E-state index >= 15 is 0 Å². The van der Waals surface area contributed by atoms with Gasteiger partial charge in [-0.25, -0.2) is 0 Å². The van der Waals surface area contributed by atoms with E-state index in [0.717, 1.165) is 49.4 Å². The molecule has 2 aliphatic rings. The van der Waals surface area contributed by atoms with Gasteiger partial charge in [0, 0.05) is 26.2 Å². The third-order valence-corrected chi connectivity index (χ3v) is 5.97. The van der Waals surface area contributed by atoms with Gasteiger partial charge in [-0.05, 0) is 49.2 Å². The first-order chi connectivity index (χ1) is 14.0. The van der Waals surface area contributed by atoms with Gasteiger partial charge in [0.15, 0.2) is 0 Å². The highest BCUT2D eigenvalue weighted by Crippen LogP contribution is 2.34. The molecule has 29 heavy (non-hydrogen) atoms. The lowest BCUT2D eigenvalue weighted by Crippen LogP contribution is -2.47. The number of piperazine rings is 1. The van der Waals surface area contributed by atoms with Crippen LogP contribution in [0.5, 0.6) is 0 Å². The smallest absolute Gasteiger partial charge is 0.278 e. The highest BCUT2D eigenvalue weighted by Gasteiger charge is 2.42. The molecular weight excluding hydrogens is 366 g/mol. The summed E-state index contributed by atoms with van der Waals surface area (Å²) in [5.41, 5.74) is 4.11. The van der Waals surface area contributed by atoms with Gasteiger partial charge in [-0.2, -0.15) is 0 Å². The first-order valence-electron chi connectivity index (χ1n) is 10.2. The predicted octanol–water partition coefficient (Wildman–Crippen LogP) is 2.81. The summed E-state index contributed by atoms with van der Waals surface area (Å²) in [5.74, 6) is 0.121. The minimum atomic E-state index is -0.248. The minimum Gasteiger partial charge on any atom is -0.467 e. The van der Waals surface area contributed by atoms with E-state index in [9.17, 15) is 9.59 Å². The van der Waals surface area contributed by atoms with Crippen LogP contribution < -0.4 is 0 Å². The maximum Gasteiger partial charge on any atom is 0.278 e. The van der Waals surface area contributed by atoms with Crippen LogP contribution in [0.4, 0.5) is 0 Å². The van der Waals surface area contributed by atoms with Crippen molar-refractivity contribution in [3.63, 3.8) is 0 Å². The zero-order valence-electron chi connectivity index (χ0n) is 17.3. The van der Waals surface area contributed by atoms with E-state index in [0.29, 0.717) is 17.0 Å². The Bertz CT molecular complexity index is 954. The van der Waals surface area contributed by atoms with Gasteiger partial charge >= 0.3 is 0 Å². The summed E-state index contributed by atoms with van der Waals surface area (Å²) in [6.07, 6.45) is 1.56. The molecular formula is C23H27N3O3. The Hall–Kier alpha value is -2.86. The molecule has 3 heterocycles. The third kappa shape index (κ3) is 3.60. The molecule has 152 valence electrons. The Morgan fingerprint density at radius 2 is 1.72 bits per heavy atom. The van der Waals surface area contributed by atoms with Gasteiger partial charge in [0.1, 0.15) is 11.5 Å². The van der Waals surface area contributed by atoms with Crippen molar-refractivity contribution in [1.29, 1.82) is 0 Å². The summed E-state index contributed by atoms with van der Waals surface area (Å²) >= 11 is 0. The highest BCUT2D eigenvalue weighted by molar-refractivity contribution is 6.35. The average Bonchev–Trinajstić information content (AvgIpc) is 3.32. The molecule has 0 aliphatic carbocycles. The molecule has 0 radical (unpaired) electrons. The van der Waals surface area contributed by atoms with Crippen LogP contribution in [0.15, 0.2) is 46.7 Å². The third-order valence-electron chi connectivity index (χ3n) is 5.97. The number of likely N-dealkylation sites (N-methyl/N-ethyl adjacent to an activating group) is 1. The van der Waals surface area contributed by atoms with Crippen molar-refractivity contribution in [3.8, 4) is 0 Å². The molecule has 0 saturated carbocycles. The molecule has 4 rings (SSSR count). The summed E-state index contributed by atoms with van der Waals surface area (Å²) < 4.78 is 5.39. The average molecular weight is 393 g/mol. The zero-order valence-corrected chi connectivity index (χ0v) is 17.3. The molecule has 0 atom stereocenters. The van der Waals surface area contributed by atoms with Gasteiger partial charge in [0.25, 0.3) is 11.8 Å². The minimum absolute atomic E-state index is 0.150. The molecule has 0 N–H and O–H groups in total. The lowest BCUT2D eigenvalue weighted by molar-refractivity contribution is -0.138. The first-order valence-corrected chi connectivity index (χ1v) is 10.2. The summed E-state index contributed by atoms with van der Waals surface area (Å²) in [6, 6.07) is 9.52. The molecule has 0 bridgehead atoms. The fraction of sp³-hybridized carbons (Fsp3) is 0.391. The Labute approximate surface area is 171 Å². The molecule has 6 nitrogen and oxygen atoms in total. The monoisotopic (exact) mass is 393 g/mol. The van der Waals surface area contributed by atoms with Gasteiger partial charge in [0.2, 0.25) is 0 Å². The maximum absolute atomic E-state index is 13.4. The topological polar surface area (TPSA) is 57.0 Å². The summed E-state index contributed by atoms with van der Waals surface area (Å²) in [6.45, 7) is 10.6. The lowest BCUT2D eigenvalue weighted by atomic mass is 9.99. The van der Waals surface area contributed by atoms with Crippen molar-refractivity contribution in [3.05, 3.63) is 64.7 Å². The van der Waals surface area contributed by atoms with Gasteiger partial charge in [-0.15, -0.1) is 0 Å². The fourth-order valence-corrected chi connectivity index (χ4v) is 4.00. The molecule has 2 aliphatic heterocycles. The normalized spacial score (nSPS) is 18.3. The van der Waals surface area contributed by atoms with Crippen LogP contribution in [-0.2, 0) is 16.1 Å². The van der Waals surface area contributed by atoms with Gasteiger partial charge in [0.05, 0.1) is 18.4 Å². The zero-order chi connectivity index (χ0) is 20.5. The molecule has 0 unspecified atom stereocenters. The SMILES string of the molecule is CCN1CCN(C2=C(c3ccc(C)c(C)c3)C(=O)N(Cc3ccco3)C2=O)CC1. The van der Waals surface area contributed by atoms with Crippen LogP contribution in [0.2, 0.25) is 0 Å². The summed E-state index contributed by atoms with van der Waals surface area (Å²) in [4.78, 5) is 32.5. The maximum atomic E-state index is 13.4. The lowest BCUT2D eigenvalue weighted by Gasteiger charge is -2.36. The quantitative estimate of drug-likeness (QED) is 0.731. The molecule has 6 heteroatoms. The molecule has 0 spiro atoms. The number of rotatable bonds is 5. The van der Waals surface area contributed by atoms with Crippen LogP contribution in [0.3, 0.4) is 0 Å². The summed E-state index contributed by atoms with van der Waals surface area (Å²) in [7, 11) is 0. The van der Waals surface area contributed by atoms with E-state index in [2.05, 4.69) is 16.7 Å². The molecule has 1 aromatic carbocycles. The Morgan fingerprint density at radius 1 is 0.966 bits per heavy atom. The fourth-order valence-electron chi connectivity index (χ4n) is 4.00. The van der Waals surface area contributed by atoms with E-state index in [-0.39, 0.29) is 18.4 Å². The van der Waals surface area contributed by atoms with Gasteiger partial charge < -0.3 is 14.2 Å². The molecule has 1 aromatic heterocycles.